The van der Waals surface area contributed by atoms with Crippen LogP contribution in [-0.2, 0) is 0 Å². The topological polar surface area (TPSA) is 34.1 Å². The van der Waals surface area contributed by atoms with Gasteiger partial charge in [-0.15, -0.1) is 0 Å². The van der Waals surface area contributed by atoms with Gasteiger partial charge in [-0.1, -0.05) is 6.07 Å². The molecule has 1 aliphatic carbocycles. The maximum absolute atomic E-state index is 5.80. The van der Waals surface area contributed by atoms with E-state index in [2.05, 4.69) is 31.1 Å². The normalized spacial score (nSPS) is 24.2. The molecule has 1 aromatic rings. The molecule has 0 unspecified atom stereocenters. The molecule has 0 atom stereocenters. The standard InChI is InChI=1S/C14H22N2O/c1-10-5-6-13(15-9-10)17-12-7-11(8-12)16-14(2,3)4/h5-6,9,11-12,16H,7-8H2,1-4H3/t11-,12-. The fraction of sp³-hybridized carbons (Fsp3) is 0.643. The Balaban J connectivity index is 1.76. The van der Waals surface area contributed by atoms with Gasteiger partial charge in [0.1, 0.15) is 6.10 Å². The molecule has 0 amide bonds. The Morgan fingerprint density at radius 3 is 2.53 bits per heavy atom. The minimum Gasteiger partial charge on any atom is -0.474 e. The van der Waals surface area contributed by atoms with E-state index in [0.29, 0.717) is 12.1 Å². The molecular weight excluding hydrogens is 212 g/mol. The van der Waals surface area contributed by atoms with Crippen LogP contribution in [-0.4, -0.2) is 22.7 Å². The molecule has 1 fully saturated rings. The number of rotatable bonds is 3. The van der Waals surface area contributed by atoms with Crippen molar-refractivity contribution < 1.29 is 4.74 Å². The van der Waals surface area contributed by atoms with Crippen LogP contribution in [0.2, 0.25) is 0 Å². The summed E-state index contributed by atoms with van der Waals surface area (Å²) in [5.74, 6) is 0.745. The van der Waals surface area contributed by atoms with Crippen molar-refractivity contribution in [3.05, 3.63) is 23.9 Å². The Kier molecular flexibility index (Phi) is 3.38. The monoisotopic (exact) mass is 234 g/mol. The van der Waals surface area contributed by atoms with Gasteiger partial charge in [0.05, 0.1) is 0 Å². The molecule has 94 valence electrons. The van der Waals surface area contributed by atoms with Gasteiger partial charge in [-0.3, -0.25) is 0 Å². The van der Waals surface area contributed by atoms with E-state index in [-0.39, 0.29) is 5.54 Å². The van der Waals surface area contributed by atoms with Crippen LogP contribution in [0.25, 0.3) is 0 Å². The first kappa shape index (κ1) is 12.4. The minimum atomic E-state index is 0.192. The average Bonchev–Trinajstić information content (AvgIpc) is 2.16. The smallest absolute Gasteiger partial charge is 0.213 e. The highest BCUT2D eigenvalue weighted by atomic mass is 16.5. The van der Waals surface area contributed by atoms with Crippen LogP contribution in [0.15, 0.2) is 18.3 Å². The van der Waals surface area contributed by atoms with E-state index < -0.39 is 0 Å². The van der Waals surface area contributed by atoms with Crippen molar-refractivity contribution >= 4 is 0 Å². The number of ether oxygens (including phenoxy) is 1. The van der Waals surface area contributed by atoms with Gasteiger partial charge >= 0.3 is 0 Å². The molecule has 1 N–H and O–H groups in total. The first-order chi connectivity index (χ1) is 7.92. The first-order valence-electron chi connectivity index (χ1n) is 6.29. The van der Waals surface area contributed by atoms with Crippen LogP contribution in [0, 0.1) is 6.92 Å². The number of aromatic nitrogens is 1. The third kappa shape index (κ3) is 3.70. The van der Waals surface area contributed by atoms with Crippen molar-refractivity contribution in [2.75, 3.05) is 0 Å². The quantitative estimate of drug-likeness (QED) is 0.873. The van der Waals surface area contributed by atoms with Crippen molar-refractivity contribution in [1.29, 1.82) is 0 Å². The van der Waals surface area contributed by atoms with Crippen molar-refractivity contribution in [1.82, 2.24) is 10.3 Å². The fourth-order valence-electron chi connectivity index (χ4n) is 2.09. The summed E-state index contributed by atoms with van der Waals surface area (Å²) < 4.78 is 5.80. The molecule has 0 aromatic carbocycles. The zero-order valence-electron chi connectivity index (χ0n) is 11.2. The average molecular weight is 234 g/mol. The molecule has 3 heteroatoms. The van der Waals surface area contributed by atoms with E-state index in [1.807, 2.05) is 25.3 Å². The molecule has 1 aliphatic rings. The maximum atomic E-state index is 5.80. The number of nitrogens with one attached hydrogen (secondary N) is 1. The van der Waals surface area contributed by atoms with Gasteiger partial charge in [0.2, 0.25) is 5.88 Å². The van der Waals surface area contributed by atoms with E-state index in [1.165, 1.54) is 5.56 Å². The van der Waals surface area contributed by atoms with Gasteiger partial charge in [0.15, 0.2) is 0 Å². The van der Waals surface area contributed by atoms with Crippen LogP contribution in [0.4, 0.5) is 0 Å². The molecule has 0 radical (unpaired) electrons. The third-order valence-corrected chi connectivity index (χ3v) is 2.90. The largest absolute Gasteiger partial charge is 0.474 e. The lowest BCUT2D eigenvalue weighted by Gasteiger charge is -2.39. The second kappa shape index (κ2) is 4.65. The molecule has 2 rings (SSSR count). The van der Waals surface area contributed by atoms with E-state index >= 15 is 0 Å². The highest BCUT2D eigenvalue weighted by Crippen LogP contribution is 2.26. The lowest BCUT2D eigenvalue weighted by molar-refractivity contribution is 0.0694. The van der Waals surface area contributed by atoms with Gasteiger partial charge in [-0.2, -0.15) is 0 Å². The Hall–Kier alpha value is -1.09. The molecule has 3 nitrogen and oxygen atoms in total. The summed E-state index contributed by atoms with van der Waals surface area (Å²) in [6.07, 6.45) is 4.32. The highest BCUT2D eigenvalue weighted by molar-refractivity contribution is 5.17. The number of aryl methyl sites for hydroxylation is 1. The van der Waals surface area contributed by atoms with Gasteiger partial charge < -0.3 is 10.1 Å². The fourth-order valence-corrected chi connectivity index (χ4v) is 2.09. The van der Waals surface area contributed by atoms with Gasteiger partial charge in [-0.25, -0.2) is 4.98 Å². The van der Waals surface area contributed by atoms with Gasteiger partial charge in [0, 0.05) is 23.8 Å². The number of hydrogen-bond acceptors (Lipinski definition) is 3. The zero-order chi connectivity index (χ0) is 12.5. The Morgan fingerprint density at radius 1 is 1.29 bits per heavy atom. The van der Waals surface area contributed by atoms with Crippen LogP contribution >= 0.6 is 0 Å². The summed E-state index contributed by atoms with van der Waals surface area (Å²) in [7, 11) is 0. The summed E-state index contributed by atoms with van der Waals surface area (Å²) in [5.41, 5.74) is 1.36. The van der Waals surface area contributed by atoms with Crippen molar-refractivity contribution in [2.45, 2.75) is 58.2 Å². The molecule has 0 bridgehead atoms. The number of nitrogens with zero attached hydrogens (tertiary/aromatic N) is 1. The lowest BCUT2D eigenvalue weighted by Crippen LogP contribution is -2.53. The second-order valence-corrected chi connectivity index (χ2v) is 5.98. The van der Waals surface area contributed by atoms with Crippen LogP contribution < -0.4 is 10.1 Å². The van der Waals surface area contributed by atoms with Gasteiger partial charge in [-0.05, 0) is 46.1 Å². The molecule has 0 aliphatic heterocycles. The second-order valence-electron chi connectivity index (χ2n) is 5.98. The number of hydrogen-bond donors (Lipinski definition) is 1. The van der Waals surface area contributed by atoms with Crippen molar-refractivity contribution in [3.63, 3.8) is 0 Å². The maximum Gasteiger partial charge on any atom is 0.213 e. The van der Waals surface area contributed by atoms with E-state index in [9.17, 15) is 0 Å². The zero-order valence-corrected chi connectivity index (χ0v) is 11.2. The molecule has 0 saturated heterocycles. The Labute approximate surface area is 104 Å². The highest BCUT2D eigenvalue weighted by Gasteiger charge is 2.33. The Bertz CT molecular complexity index is 361. The van der Waals surface area contributed by atoms with E-state index in [4.69, 9.17) is 4.74 Å². The molecule has 1 aromatic heterocycles. The minimum absolute atomic E-state index is 0.192. The molecular formula is C14H22N2O. The van der Waals surface area contributed by atoms with E-state index in [1.54, 1.807) is 0 Å². The lowest BCUT2D eigenvalue weighted by atomic mass is 9.87. The molecule has 1 saturated carbocycles. The summed E-state index contributed by atoms with van der Waals surface area (Å²) in [6.45, 7) is 8.62. The van der Waals surface area contributed by atoms with Crippen LogP contribution in [0.5, 0.6) is 5.88 Å². The molecule has 0 spiro atoms. The number of pyridine rings is 1. The predicted octanol–water partition coefficient (Wildman–Crippen LogP) is 2.69. The summed E-state index contributed by atoms with van der Waals surface area (Å²) in [5, 5.41) is 3.58. The predicted molar refractivity (Wildman–Crippen MR) is 69.3 cm³/mol. The first-order valence-corrected chi connectivity index (χ1v) is 6.29. The van der Waals surface area contributed by atoms with Crippen molar-refractivity contribution in [2.24, 2.45) is 0 Å². The van der Waals surface area contributed by atoms with Crippen LogP contribution in [0.1, 0.15) is 39.2 Å². The Morgan fingerprint density at radius 2 is 2.00 bits per heavy atom. The van der Waals surface area contributed by atoms with E-state index in [0.717, 1.165) is 18.7 Å². The molecule has 1 heterocycles. The van der Waals surface area contributed by atoms with Crippen molar-refractivity contribution in [3.8, 4) is 5.88 Å². The van der Waals surface area contributed by atoms with Crippen LogP contribution in [0.3, 0.4) is 0 Å². The van der Waals surface area contributed by atoms with Gasteiger partial charge in [0.25, 0.3) is 0 Å². The third-order valence-electron chi connectivity index (χ3n) is 2.90. The molecule has 17 heavy (non-hydrogen) atoms. The summed E-state index contributed by atoms with van der Waals surface area (Å²) in [4.78, 5) is 4.26. The SMILES string of the molecule is Cc1ccc(O[C@H]2C[C@H](NC(C)(C)C)C2)nc1. The summed E-state index contributed by atoms with van der Waals surface area (Å²) >= 11 is 0. The summed E-state index contributed by atoms with van der Waals surface area (Å²) in [6, 6.07) is 4.57.